The number of amides is 1. The predicted molar refractivity (Wildman–Crippen MR) is 164 cm³/mol. The molecule has 0 spiro atoms. The molecule has 1 N–H and O–H groups in total. The van der Waals surface area contributed by atoms with Crippen LogP contribution in [0.25, 0.3) is 0 Å². The Balaban J connectivity index is 1.12. The van der Waals surface area contributed by atoms with Gasteiger partial charge < -0.3 is 4.90 Å². The Hall–Kier alpha value is -2.52. The third-order valence-electron chi connectivity index (χ3n) is 9.66. The second-order valence-corrected chi connectivity index (χ2v) is 12.7. The number of alkyl halides is 3. The normalized spacial score (nSPS) is 22.3. The second-order valence-electron chi connectivity index (χ2n) is 12.3. The zero-order valence-electron chi connectivity index (χ0n) is 24.3. The number of hydrogen-bond acceptors (Lipinski definition) is 4. The zero-order chi connectivity index (χ0) is 30.1. The van der Waals surface area contributed by atoms with Gasteiger partial charge in [0.25, 0.3) is 5.91 Å². The van der Waals surface area contributed by atoms with Crippen LogP contribution in [0.2, 0.25) is 5.02 Å². The Labute approximate surface area is 252 Å². The molecule has 3 aliphatic rings. The van der Waals surface area contributed by atoms with E-state index < -0.39 is 11.8 Å². The predicted octanol–water partition coefficient (Wildman–Crippen LogP) is 5.76. The summed E-state index contributed by atoms with van der Waals surface area (Å²) < 4.78 is 42.4. The molecule has 3 heterocycles. The van der Waals surface area contributed by atoms with Gasteiger partial charge in [0.2, 0.25) is 0 Å². The first kappa shape index (κ1) is 30.9. The molecule has 0 bridgehead atoms. The van der Waals surface area contributed by atoms with Gasteiger partial charge in [-0.3, -0.25) is 4.79 Å². The van der Waals surface area contributed by atoms with Crippen molar-refractivity contribution in [3.05, 3.63) is 64.7 Å². The SMILES string of the molecule is B=C(N1CCC(CC2CCN(c3ccc(C(=O)N4CCC[C@@H]4C)c(Cl)c3)CC2)CC1)[C@](O)(c1ccccc1)C(F)(F)F. The van der Waals surface area contributed by atoms with Gasteiger partial charge in [-0.25, -0.2) is 0 Å². The molecular weight excluding hydrogens is 562 g/mol. The number of piperidine rings is 2. The number of likely N-dealkylation sites (tertiary alicyclic amines) is 2. The molecule has 2 aromatic carbocycles. The summed E-state index contributed by atoms with van der Waals surface area (Å²) in [4.78, 5) is 18.8. The molecule has 42 heavy (non-hydrogen) atoms. The minimum atomic E-state index is -4.87. The topological polar surface area (TPSA) is 47.0 Å². The first-order valence-electron chi connectivity index (χ1n) is 15.1. The molecule has 3 aliphatic heterocycles. The quantitative estimate of drug-likeness (QED) is 0.410. The van der Waals surface area contributed by atoms with Crippen LogP contribution in [-0.4, -0.2) is 78.8 Å². The van der Waals surface area contributed by atoms with Gasteiger partial charge >= 0.3 is 177 Å². The van der Waals surface area contributed by atoms with E-state index in [0.29, 0.717) is 35.5 Å². The minimum absolute atomic E-state index is 0.00744. The summed E-state index contributed by atoms with van der Waals surface area (Å²) in [6.45, 7) is 5.58. The van der Waals surface area contributed by atoms with Crippen molar-refractivity contribution in [3.63, 3.8) is 0 Å². The van der Waals surface area contributed by atoms with Gasteiger partial charge in [0.15, 0.2) is 0 Å². The van der Waals surface area contributed by atoms with E-state index in [9.17, 15) is 23.1 Å². The molecule has 0 saturated carbocycles. The molecule has 0 aliphatic carbocycles. The van der Waals surface area contributed by atoms with Gasteiger partial charge in [0, 0.05) is 12.6 Å². The van der Waals surface area contributed by atoms with Crippen LogP contribution in [0.3, 0.4) is 0 Å². The zero-order valence-corrected chi connectivity index (χ0v) is 25.0. The molecule has 0 aromatic heterocycles. The molecule has 3 fully saturated rings. The average molecular weight is 602 g/mol. The second kappa shape index (κ2) is 12.6. The maximum atomic E-state index is 14.1. The van der Waals surface area contributed by atoms with E-state index in [1.807, 2.05) is 23.1 Å². The molecule has 2 atom stereocenters. The fourth-order valence-electron chi connectivity index (χ4n) is 7.00. The third kappa shape index (κ3) is 6.23. The number of aliphatic hydroxyl groups is 1. The standard InChI is InChI=1S/C32H40BClF3N3O2/c1-22-6-5-15-40(22)29(41)27-10-9-26(21-28(27)34)38-16-11-23(12-17-38)20-24-13-18-39(19-14-24)30(33)31(42,32(35,36)37)25-7-3-2-4-8-25/h2-4,7-10,21-24,33,42H,5-6,11-20H2,1H3/t22-,31+/m0/s1. The van der Waals surface area contributed by atoms with Gasteiger partial charge in [0.05, 0.1) is 10.6 Å². The van der Waals surface area contributed by atoms with E-state index in [0.717, 1.165) is 70.3 Å². The van der Waals surface area contributed by atoms with Crippen molar-refractivity contribution in [2.24, 2.45) is 11.8 Å². The van der Waals surface area contributed by atoms with Crippen LogP contribution in [-0.2, 0) is 5.60 Å². The van der Waals surface area contributed by atoms with Gasteiger partial charge in [-0.05, 0) is 25.8 Å². The summed E-state index contributed by atoms with van der Waals surface area (Å²) >= 11 is 6.59. The first-order chi connectivity index (χ1) is 20.0. The molecule has 2 aromatic rings. The number of carbonyl (C=O) groups excluding carboxylic acids is 1. The molecule has 3 saturated heterocycles. The molecule has 5 rings (SSSR count). The van der Waals surface area contributed by atoms with Crippen LogP contribution >= 0.6 is 11.6 Å². The molecule has 5 nitrogen and oxygen atoms in total. The Morgan fingerprint density at radius 2 is 1.57 bits per heavy atom. The molecule has 0 unspecified atom stereocenters. The third-order valence-corrected chi connectivity index (χ3v) is 9.97. The fraction of sp³-hybridized carbons (Fsp3) is 0.562. The Morgan fingerprint density at radius 3 is 2.12 bits per heavy atom. The van der Waals surface area contributed by atoms with Crippen LogP contribution in [0, 0.1) is 11.8 Å². The molecule has 226 valence electrons. The summed E-state index contributed by atoms with van der Waals surface area (Å²) in [7, 11) is 3.74. The number of nitrogens with zero attached hydrogens (tertiary/aromatic N) is 3. The van der Waals surface area contributed by atoms with Gasteiger partial charge in [-0.1, -0.05) is 11.6 Å². The molecule has 10 heteroatoms. The van der Waals surface area contributed by atoms with Crippen molar-refractivity contribution < 1.29 is 23.1 Å². The van der Waals surface area contributed by atoms with Crippen molar-refractivity contribution in [3.8, 4) is 0 Å². The fourth-order valence-corrected chi connectivity index (χ4v) is 7.26. The van der Waals surface area contributed by atoms with Gasteiger partial charge in [0.1, 0.15) is 0 Å². The number of anilines is 1. The van der Waals surface area contributed by atoms with Crippen molar-refractivity contribution >= 4 is 36.3 Å². The first-order valence-corrected chi connectivity index (χ1v) is 15.5. The average Bonchev–Trinajstić information content (AvgIpc) is 3.42. The van der Waals surface area contributed by atoms with E-state index in [2.05, 4.69) is 19.3 Å². The van der Waals surface area contributed by atoms with Crippen molar-refractivity contribution in [1.29, 1.82) is 0 Å². The number of benzene rings is 2. The van der Waals surface area contributed by atoms with Crippen molar-refractivity contribution in [2.45, 2.75) is 69.7 Å². The Morgan fingerprint density at radius 1 is 0.952 bits per heavy atom. The van der Waals surface area contributed by atoms with Crippen LogP contribution in [0.15, 0.2) is 48.5 Å². The van der Waals surface area contributed by atoms with E-state index in [1.54, 1.807) is 11.0 Å². The summed E-state index contributed by atoms with van der Waals surface area (Å²) in [5, 5.41) is 11.4. The van der Waals surface area contributed by atoms with Crippen LogP contribution in [0.5, 0.6) is 0 Å². The van der Waals surface area contributed by atoms with Crippen LogP contribution in [0.1, 0.15) is 67.8 Å². The number of carbonyl (C=O) groups is 1. The summed E-state index contributed by atoms with van der Waals surface area (Å²) in [5.41, 5.74) is -2.01. The Bertz CT molecular complexity index is 1260. The van der Waals surface area contributed by atoms with Crippen molar-refractivity contribution in [2.75, 3.05) is 37.6 Å². The van der Waals surface area contributed by atoms with Gasteiger partial charge in [-0.2, -0.15) is 0 Å². The molecular formula is C32H40BClF3N3O2. The molecule has 1 amide bonds. The van der Waals surface area contributed by atoms with E-state index in [-0.39, 0.29) is 23.1 Å². The number of rotatable bonds is 7. The Kier molecular flexibility index (Phi) is 9.29. The van der Waals surface area contributed by atoms with E-state index >= 15 is 0 Å². The monoisotopic (exact) mass is 601 g/mol. The summed E-state index contributed by atoms with van der Waals surface area (Å²) in [6, 6.07) is 13.2. The summed E-state index contributed by atoms with van der Waals surface area (Å²) in [5.74, 6) is 1.01. The van der Waals surface area contributed by atoms with E-state index in [4.69, 9.17) is 11.6 Å². The molecule has 0 radical (unpaired) electrons. The summed E-state index contributed by atoms with van der Waals surface area (Å²) in [6.07, 6.45) is 1.88. The van der Waals surface area contributed by atoms with Crippen LogP contribution < -0.4 is 4.90 Å². The maximum absolute atomic E-state index is 14.1. The van der Waals surface area contributed by atoms with Gasteiger partial charge in [-0.15, -0.1) is 0 Å². The number of hydrogen-bond donors (Lipinski definition) is 1. The number of halogens is 4. The van der Waals surface area contributed by atoms with E-state index in [1.165, 1.54) is 24.3 Å². The van der Waals surface area contributed by atoms with Crippen LogP contribution in [0.4, 0.5) is 18.9 Å². The van der Waals surface area contributed by atoms with Crippen molar-refractivity contribution in [1.82, 2.24) is 9.80 Å².